The van der Waals surface area contributed by atoms with Gasteiger partial charge in [-0.3, -0.25) is 9.69 Å². The van der Waals surface area contributed by atoms with Gasteiger partial charge in [0.1, 0.15) is 34.8 Å². The van der Waals surface area contributed by atoms with Gasteiger partial charge in [0.15, 0.2) is 17.4 Å². The fourth-order valence-corrected chi connectivity index (χ4v) is 3.60. The third-order valence-corrected chi connectivity index (χ3v) is 5.24. The number of ketones is 1. The fraction of sp³-hybridized carbons (Fsp3) is 0.407. The molecule has 0 aliphatic heterocycles. The summed E-state index contributed by atoms with van der Waals surface area (Å²) in [7, 11) is 0. The van der Waals surface area contributed by atoms with Crippen LogP contribution in [0.15, 0.2) is 35.3 Å². The minimum Gasteiger partial charge on any atom is -0.480 e. The highest BCUT2D eigenvalue weighted by atomic mass is 19.1. The summed E-state index contributed by atoms with van der Waals surface area (Å²) < 4.78 is 62.0. The van der Waals surface area contributed by atoms with E-state index in [2.05, 4.69) is 4.99 Å². The molecule has 3 N–H and O–H groups in total. The molecule has 0 fully saturated rings. The second-order valence-corrected chi connectivity index (χ2v) is 10.3. The number of nitrogens with two attached hydrogens (primary N) is 1. The average Bonchev–Trinajstić information content (AvgIpc) is 2.76. The summed E-state index contributed by atoms with van der Waals surface area (Å²) >= 11 is 0. The van der Waals surface area contributed by atoms with Crippen LogP contribution >= 0.6 is 0 Å². The molecule has 0 aliphatic rings. The summed E-state index contributed by atoms with van der Waals surface area (Å²) in [5.74, 6) is -7.28. The number of aliphatic imine (C=N–C) groups is 1. The molecule has 2 aromatic rings. The minimum atomic E-state index is -1.34. The van der Waals surface area contributed by atoms with Crippen LogP contribution in [0.2, 0.25) is 0 Å². The molecule has 1 amide bonds. The van der Waals surface area contributed by atoms with Crippen LogP contribution in [0, 0.1) is 29.2 Å². The van der Waals surface area contributed by atoms with Crippen molar-refractivity contribution in [3.63, 3.8) is 0 Å². The number of carbonyl (C=O) groups excluding carboxylic acids is 2. The standard InChI is InChI=1S/C27H31F4N3O5/c1-14(2)8-21(25(36)37)34(26(38)39-27(3,4)5)13-15-9-19(30)24(20(31)10-15)33-23(32)12-22(35)17-7-6-16(28)11-18(17)29/h6-7,9-11,14,21H,8,12-13H2,1-5H3,(H2,32,33)(H,36,37)/t21-/m0/s1. The van der Waals surface area contributed by atoms with Crippen molar-refractivity contribution in [2.75, 3.05) is 0 Å². The molecule has 0 radical (unpaired) electrons. The maximum absolute atomic E-state index is 14.9. The Bertz CT molecular complexity index is 1250. The van der Waals surface area contributed by atoms with Crippen LogP contribution in [0.1, 0.15) is 63.4 Å². The van der Waals surface area contributed by atoms with Gasteiger partial charge in [-0.1, -0.05) is 13.8 Å². The van der Waals surface area contributed by atoms with Gasteiger partial charge in [-0.15, -0.1) is 0 Å². The molecule has 0 unspecified atom stereocenters. The first-order valence-electron chi connectivity index (χ1n) is 12.0. The maximum atomic E-state index is 14.9. The SMILES string of the molecule is CC(C)C[C@@H](C(=O)O)N(Cc1cc(F)c(N=C(N)CC(=O)c2ccc(F)cc2F)c(F)c1)C(=O)OC(C)(C)C. The number of aliphatic carboxylic acids is 1. The summed E-state index contributed by atoms with van der Waals surface area (Å²) in [5, 5.41) is 9.76. The summed E-state index contributed by atoms with van der Waals surface area (Å²) in [6, 6.07) is 2.66. The molecule has 0 saturated carbocycles. The summed E-state index contributed by atoms with van der Waals surface area (Å²) in [6.07, 6.45) is -1.62. The second-order valence-electron chi connectivity index (χ2n) is 10.3. The number of hydrogen-bond donors (Lipinski definition) is 2. The first kappa shape index (κ1) is 31.3. The van der Waals surface area contributed by atoms with Gasteiger partial charge in [0, 0.05) is 6.07 Å². The maximum Gasteiger partial charge on any atom is 0.411 e. The molecule has 2 rings (SSSR count). The molecule has 0 spiro atoms. The highest BCUT2D eigenvalue weighted by molar-refractivity contribution is 6.09. The first-order chi connectivity index (χ1) is 18.0. The highest BCUT2D eigenvalue weighted by Gasteiger charge is 2.34. The number of ether oxygens (including phenoxy) is 1. The van der Waals surface area contributed by atoms with Crippen LogP contribution < -0.4 is 5.73 Å². The Kier molecular flexibility index (Phi) is 10.2. The molecule has 8 nitrogen and oxygen atoms in total. The average molecular weight is 554 g/mol. The number of hydrogen-bond acceptors (Lipinski definition) is 5. The van der Waals surface area contributed by atoms with Crippen molar-refractivity contribution in [1.82, 2.24) is 4.90 Å². The first-order valence-corrected chi connectivity index (χ1v) is 12.0. The van der Waals surface area contributed by atoms with E-state index in [1.165, 1.54) is 0 Å². The van der Waals surface area contributed by atoms with Gasteiger partial charge < -0.3 is 15.6 Å². The van der Waals surface area contributed by atoms with E-state index in [0.29, 0.717) is 6.07 Å². The highest BCUT2D eigenvalue weighted by Crippen LogP contribution is 2.27. The predicted molar refractivity (Wildman–Crippen MR) is 136 cm³/mol. The fourth-order valence-electron chi connectivity index (χ4n) is 3.60. The van der Waals surface area contributed by atoms with Gasteiger partial charge >= 0.3 is 12.1 Å². The minimum absolute atomic E-state index is 0.0567. The lowest BCUT2D eigenvalue weighted by atomic mass is 10.0. The molecule has 0 saturated heterocycles. The van der Waals surface area contributed by atoms with E-state index in [-0.39, 0.29) is 17.9 Å². The predicted octanol–water partition coefficient (Wildman–Crippen LogP) is 5.74. The van der Waals surface area contributed by atoms with Gasteiger partial charge in [-0.25, -0.2) is 32.1 Å². The third-order valence-electron chi connectivity index (χ3n) is 5.24. The number of amides is 1. The summed E-state index contributed by atoms with van der Waals surface area (Å²) in [6.45, 7) is 7.80. The molecule has 212 valence electrons. The lowest BCUT2D eigenvalue weighted by molar-refractivity contribution is -0.144. The molecular formula is C27H31F4N3O5. The van der Waals surface area contributed by atoms with Gasteiger partial charge in [0.25, 0.3) is 0 Å². The lowest BCUT2D eigenvalue weighted by Gasteiger charge is -2.32. The molecule has 12 heteroatoms. The van der Waals surface area contributed by atoms with Crippen LogP contribution in [0.25, 0.3) is 0 Å². The monoisotopic (exact) mass is 553 g/mol. The van der Waals surface area contributed by atoms with Crippen molar-refractivity contribution in [2.45, 2.75) is 65.6 Å². The second kappa shape index (κ2) is 12.7. The van der Waals surface area contributed by atoms with Gasteiger partial charge in [-0.2, -0.15) is 0 Å². The lowest BCUT2D eigenvalue weighted by Crippen LogP contribution is -2.47. The largest absolute Gasteiger partial charge is 0.480 e. The summed E-state index contributed by atoms with van der Waals surface area (Å²) in [5.41, 5.74) is 3.30. The van der Waals surface area contributed by atoms with Crippen LogP contribution in [0.3, 0.4) is 0 Å². The molecule has 2 aromatic carbocycles. The zero-order chi connectivity index (χ0) is 29.7. The molecule has 0 heterocycles. The molecule has 39 heavy (non-hydrogen) atoms. The smallest absolute Gasteiger partial charge is 0.411 e. The van der Waals surface area contributed by atoms with E-state index in [9.17, 15) is 37.1 Å². The Hall–Kier alpha value is -3.96. The van der Waals surface area contributed by atoms with Crippen molar-refractivity contribution in [2.24, 2.45) is 16.6 Å². The van der Waals surface area contributed by atoms with Crippen LogP contribution in [0.5, 0.6) is 0 Å². The van der Waals surface area contributed by atoms with E-state index >= 15 is 0 Å². The number of carbonyl (C=O) groups is 3. The third kappa shape index (κ3) is 9.08. The van der Waals surface area contributed by atoms with Crippen molar-refractivity contribution in [3.8, 4) is 0 Å². The van der Waals surface area contributed by atoms with Crippen molar-refractivity contribution < 1.29 is 41.8 Å². The zero-order valence-electron chi connectivity index (χ0n) is 22.2. The molecule has 0 bridgehead atoms. The molecule has 1 atom stereocenters. The number of carboxylic acid groups (broad SMARTS) is 1. The Labute approximate surface area is 223 Å². The Morgan fingerprint density at radius 2 is 1.62 bits per heavy atom. The van der Waals surface area contributed by atoms with E-state index in [1.54, 1.807) is 34.6 Å². The van der Waals surface area contributed by atoms with Crippen molar-refractivity contribution in [1.29, 1.82) is 0 Å². The van der Waals surface area contributed by atoms with E-state index in [0.717, 1.165) is 29.2 Å². The van der Waals surface area contributed by atoms with Crippen molar-refractivity contribution in [3.05, 3.63) is 64.7 Å². The quantitative estimate of drug-likeness (QED) is 0.167. The van der Waals surface area contributed by atoms with Crippen LogP contribution in [-0.2, 0) is 16.1 Å². The number of amidine groups is 1. The number of benzene rings is 2. The molecule has 0 aliphatic carbocycles. The number of halogens is 4. The zero-order valence-corrected chi connectivity index (χ0v) is 22.2. The van der Waals surface area contributed by atoms with E-state index < -0.39 is 82.8 Å². The number of rotatable bonds is 10. The number of carboxylic acids is 1. The Morgan fingerprint density at radius 3 is 2.10 bits per heavy atom. The van der Waals surface area contributed by atoms with E-state index in [4.69, 9.17) is 10.5 Å². The van der Waals surface area contributed by atoms with Gasteiger partial charge in [0.2, 0.25) is 0 Å². The molecular weight excluding hydrogens is 522 g/mol. The number of nitrogens with zero attached hydrogens (tertiary/aromatic N) is 2. The molecule has 0 aromatic heterocycles. The van der Waals surface area contributed by atoms with Gasteiger partial charge in [-0.05, 0) is 62.9 Å². The topological polar surface area (TPSA) is 122 Å². The Balaban J connectivity index is 2.35. The Morgan fingerprint density at radius 1 is 1.03 bits per heavy atom. The van der Waals surface area contributed by atoms with Crippen molar-refractivity contribution >= 4 is 29.4 Å². The number of Topliss-reactive ketones (excluding diaryl/α,β-unsaturated/α-hetero) is 1. The summed E-state index contributed by atoms with van der Waals surface area (Å²) in [4.78, 5) is 41.6. The normalized spacial score (nSPS) is 12.8. The van der Waals surface area contributed by atoms with Crippen LogP contribution in [0.4, 0.5) is 28.0 Å². The van der Waals surface area contributed by atoms with Gasteiger partial charge in [0.05, 0.1) is 18.5 Å². The van der Waals surface area contributed by atoms with Crippen LogP contribution in [-0.4, -0.2) is 45.3 Å². The van der Waals surface area contributed by atoms with E-state index in [1.807, 2.05) is 0 Å².